The molecular weight excluding hydrogens is 374 g/mol. The molecule has 2 aliphatic rings. The number of thiol groups is 1. The van der Waals surface area contributed by atoms with Gasteiger partial charge in [-0.1, -0.05) is 18.2 Å². The van der Waals surface area contributed by atoms with Crippen molar-refractivity contribution in [1.29, 1.82) is 0 Å². The highest BCUT2D eigenvalue weighted by Crippen LogP contribution is 2.35. The predicted octanol–water partition coefficient (Wildman–Crippen LogP) is 1.99. The van der Waals surface area contributed by atoms with Crippen LogP contribution >= 0.6 is 12.6 Å². The minimum atomic E-state index is -0.815. The van der Waals surface area contributed by atoms with Crippen LogP contribution in [-0.2, 0) is 9.59 Å². The Morgan fingerprint density at radius 2 is 1.79 bits per heavy atom. The lowest BCUT2D eigenvalue weighted by atomic mass is 9.80. The van der Waals surface area contributed by atoms with Crippen molar-refractivity contribution >= 4 is 24.4 Å². The van der Waals surface area contributed by atoms with Crippen LogP contribution in [0.2, 0.25) is 0 Å². The van der Waals surface area contributed by atoms with Gasteiger partial charge >= 0.3 is 0 Å². The van der Waals surface area contributed by atoms with E-state index in [9.17, 15) is 9.59 Å². The number of likely N-dealkylation sites (tertiary alicyclic amines) is 1. The quantitative estimate of drug-likeness (QED) is 0.632. The number of carbonyl (C=O) groups excluding carboxylic acids is 2. The smallest absolute Gasteiger partial charge is 0.266 e. The summed E-state index contributed by atoms with van der Waals surface area (Å²) in [6, 6.07) is 9.73. The van der Waals surface area contributed by atoms with Crippen molar-refractivity contribution < 1.29 is 14.3 Å². The average molecular weight is 406 g/mol. The Labute approximate surface area is 172 Å². The molecule has 1 aliphatic carbocycles. The lowest BCUT2D eigenvalue weighted by Crippen LogP contribution is -2.57. The van der Waals surface area contributed by atoms with Gasteiger partial charge in [-0.3, -0.25) is 9.59 Å². The molecule has 0 bridgehead atoms. The Balaban J connectivity index is 1.63. The summed E-state index contributed by atoms with van der Waals surface area (Å²) in [4.78, 5) is 26.8. The van der Waals surface area contributed by atoms with Gasteiger partial charge in [0.25, 0.3) is 5.91 Å². The highest BCUT2D eigenvalue weighted by molar-refractivity contribution is 7.81. The number of para-hydroxylation sites is 1. The molecule has 0 radical (unpaired) electrons. The molecular formula is C21H31N3O3S. The van der Waals surface area contributed by atoms with Crippen LogP contribution in [0.5, 0.6) is 5.75 Å². The first-order valence-corrected chi connectivity index (χ1v) is 10.8. The zero-order chi connectivity index (χ0) is 20.0. The van der Waals surface area contributed by atoms with E-state index in [1.165, 1.54) is 0 Å². The summed E-state index contributed by atoms with van der Waals surface area (Å²) in [5.41, 5.74) is 5.28. The van der Waals surface area contributed by atoms with Crippen LogP contribution in [0.3, 0.4) is 0 Å². The monoisotopic (exact) mass is 405 g/mol. The molecule has 1 saturated heterocycles. The van der Waals surface area contributed by atoms with Crippen LogP contribution in [0.25, 0.3) is 0 Å². The average Bonchev–Trinajstić information content (AvgIpc) is 2.74. The van der Waals surface area contributed by atoms with Crippen LogP contribution in [0.4, 0.5) is 0 Å². The zero-order valence-corrected chi connectivity index (χ0v) is 17.2. The first-order chi connectivity index (χ1) is 13.5. The number of hydrogen-bond acceptors (Lipinski definition) is 5. The summed E-state index contributed by atoms with van der Waals surface area (Å²) in [7, 11) is 0. The molecule has 0 aromatic heterocycles. The second-order valence-corrected chi connectivity index (χ2v) is 8.26. The van der Waals surface area contributed by atoms with Gasteiger partial charge in [-0.05, 0) is 56.6 Å². The first kappa shape index (κ1) is 21.0. The summed E-state index contributed by atoms with van der Waals surface area (Å²) in [5, 5.41) is 2.90. The highest BCUT2D eigenvalue weighted by atomic mass is 32.1. The van der Waals surface area contributed by atoms with Crippen molar-refractivity contribution in [3.63, 3.8) is 0 Å². The maximum atomic E-state index is 13.5. The van der Waals surface area contributed by atoms with E-state index in [0.717, 1.165) is 31.4 Å². The second kappa shape index (κ2) is 9.65. The Kier molecular flexibility index (Phi) is 7.24. The van der Waals surface area contributed by atoms with Crippen LogP contribution < -0.4 is 15.8 Å². The topological polar surface area (TPSA) is 84.7 Å². The molecule has 2 amide bonds. The standard InChI is InChI=1S/C21H31N3O3S/c22-17-6-10-21(11-7-17,27-18-4-2-1-3-5-18)20(26)24-12-8-16(9-13-24)14-23-19(25)15-28/h1-5,16-17,28H,6-15,22H2,(H,23,25). The van der Waals surface area contributed by atoms with Gasteiger partial charge in [0.05, 0.1) is 5.75 Å². The number of benzene rings is 1. The van der Waals surface area contributed by atoms with Crippen molar-refractivity contribution in [3.8, 4) is 5.75 Å². The fraction of sp³-hybridized carbons (Fsp3) is 0.619. The molecule has 3 rings (SSSR count). The number of nitrogens with two attached hydrogens (primary N) is 1. The van der Waals surface area contributed by atoms with E-state index >= 15 is 0 Å². The molecule has 3 N–H and O–H groups in total. The van der Waals surface area contributed by atoms with Crippen molar-refractivity contribution in [1.82, 2.24) is 10.2 Å². The molecule has 2 fully saturated rings. The van der Waals surface area contributed by atoms with Gasteiger partial charge in [-0.2, -0.15) is 12.6 Å². The molecule has 1 aromatic carbocycles. The molecule has 154 valence electrons. The maximum absolute atomic E-state index is 13.5. The van der Waals surface area contributed by atoms with E-state index in [2.05, 4.69) is 17.9 Å². The lowest BCUT2D eigenvalue weighted by Gasteiger charge is -2.43. The zero-order valence-electron chi connectivity index (χ0n) is 16.3. The maximum Gasteiger partial charge on any atom is 0.266 e. The lowest BCUT2D eigenvalue weighted by molar-refractivity contribution is -0.153. The Bertz CT molecular complexity index is 654. The molecule has 0 unspecified atom stereocenters. The van der Waals surface area contributed by atoms with Crippen LogP contribution in [0.1, 0.15) is 38.5 Å². The number of nitrogens with zero attached hydrogens (tertiary/aromatic N) is 1. The van der Waals surface area contributed by atoms with Crippen molar-refractivity contribution in [3.05, 3.63) is 30.3 Å². The van der Waals surface area contributed by atoms with Crippen LogP contribution in [0.15, 0.2) is 30.3 Å². The fourth-order valence-corrected chi connectivity index (χ4v) is 4.23. The van der Waals surface area contributed by atoms with Gasteiger partial charge in [-0.15, -0.1) is 0 Å². The Hall–Kier alpha value is -1.73. The Morgan fingerprint density at radius 1 is 1.14 bits per heavy atom. The summed E-state index contributed by atoms with van der Waals surface area (Å²) < 4.78 is 6.31. The van der Waals surface area contributed by atoms with E-state index in [-0.39, 0.29) is 23.6 Å². The van der Waals surface area contributed by atoms with Gasteiger partial charge in [-0.25, -0.2) is 0 Å². The number of amides is 2. The van der Waals surface area contributed by atoms with E-state index in [1.807, 2.05) is 35.2 Å². The summed E-state index contributed by atoms with van der Waals surface area (Å²) in [6.45, 7) is 2.06. The number of ether oxygens (including phenoxy) is 1. The van der Waals surface area contributed by atoms with Crippen LogP contribution in [0, 0.1) is 5.92 Å². The molecule has 1 aliphatic heterocycles. The van der Waals surface area contributed by atoms with E-state index in [1.54, 1.807) is 0 Å². The number of hydrogen-bond donors (Lipinski definition) is 3. The van der Waals surface area contributed by atoms with Gasteiger partial charge < -0.3 is 20.7 Å². The fourth-order valence-electron chi connectivity index (χ4n) is 4.12. The molecule has 1 saturated carbocycles. The van der Waals surface area contributed by atoms with Crippen LogP contribution in [-0.4, -0.2) is 53.7 Å². The SMILES string of the molecule is NC1CCC(Oc2ccccc2)(C(=O)N2CCC(CNC(=O)CS)CC2)CC1. The molecule has 7 heteroatoms. The van der Waals surface area contributed by atoms with Crippen molar-refractivity contribution in [2.24, 2.45) is 11.7 Å². The molecule has 1 aromatic rings. The number of carbonyl (C=O) groups is 2. The van der Waals surface area contributed by atoms with Gasteiger partial charge in [0.2, 0.25) is 5.91 Å². The third kappa shape index (κ3) is 5.20. The molecule has 0 atom stereocenters. The van der Waals surface area contributed by atoms with Gasteiger partial charge in [0.15, 0.2) is 5.60 Å². The number of nitrogens with one attached hydrogen (secondary N) is 1. The van der Waals surface area contributed by atoms with Gasteiger partial charge in [0.1, 0.15) is 5.75 Å². The summed E-state index contributed by atoms with van der Waals surface area (Å²) in [5.74, 6) is 1.38. The molecule has 0 spiro atoms. The molecule has 28 heavy (non-hydrogen) atoms. The number of rotatable bonds is 6. The predicted molar refractivity (Wildman–Crippen MR) is 112 cm³/mol. The largest absolute Gasteiger partial charge is 0.477 e. The molecule has 6 nitrogen and oxygen atoms in total. The highest BCUT2D eigenvalue weighted by Gasteiger charge is 2.46. The van der Waals surface area contributed by atoms with Gasteiger partial charge in [0, 0.05) is 25.7 Å². The summed E-state index contributed by atoms with van der Waals surface area (Å²) in [6.07, 6.45) is 4.67. The molecule has 1 heterocycles. The normalized spacial score (nSPS) is 25.9. The Morgan fingerprint density at radius 3 is 2.39 bits per heavy atom. The summed E-state index contributed by atoms with van der Waals surface area (Å²) >= 11 is 3.98. The van der Waals surface area contributed by atoms with Crippen molar-refractivity contribution in [2.45, 2.75) is 50.2 Å². The third-order valence-corrected chi connectivity index (χ3v) is 6.20. The number of piperidine rings is 1. The van der Waals surface area contributed by atoms with Crippen molar-refractivity contribution in [2.75, 3.05) is 25.4 Å². The first-order valence-electron chi connectivity index (χ1n) is 10.2. The van der Waals surface area contributed by atoms with E-state index in [0.29, 0.717) is 38.4 Å². The second-order valence-electron chi connectivity index (χ2n) is 7.94. The minimum absolute atomic E-state index is 0.0457. The van der Waals surface area contributed by atoms with E-state index < -0.39 is 5.60 Å². The van der Waals surface area contributed by atoms with E-state index in [4.69, 9.17) is 10.5 Å². The third-order valence-electron chi connectivity index (χ3n) is 5.92. The minimum Gasteiger partial charge on any atom is -0.477 e.